The van der Waals surface area contributed by atoms with Gasteiger partial charge in [-0.3, -0.25) is 14.6 Å². The third-order valence-corrected chi connectivity index (χ3v) is 4.07. The molecule has 1 aliphatic heterocycles. The maximum Gasteiger partial charge on any atom is 0.195 e. The first-order valence-corrected chi connectivity index (χ1v) is 6.92. The Bertz CT molecular complexity index is 603. The normalized spacial score (nSPS) is 19.9. The summed E-state index contributed by atoms with van der Waals surface area (Å²) in [7, 11) is 2.17. The van der Waals surface area contributed by atoms with Crippen molar-refractivity contribution in [2.24, 2.45) is 0 Å². The van der Waals surface area contributed by atoms with Gasteiger partial charge < -0.3 is 4.90 Å². The van der Waals surface area contributed by atoms with Crippen molar-refractivity contribution in [2.45, 2.75) is 25.4 Å². The molecule has 0 aliphatic carbocycles. The van der Waals surface area contributed by atoms with Crippen molar-refractivity contribution < 1.29 is 0 Å². The molecule has 0 radical (unpaired) electrons. The minimum atomic E-state index is 0.546. The van der Waals surface area contributed by atoms with E-state index in [0.717, 1.165) is 17.9 Å². The van der Waals surface area contributed by atoms with Crippen LogP contribution in [0.15, 0.2) is 24.5 Å². The molecule has 2 aromatic rings. The Morgan fingerprint density at radius 1 is 1.42 bits per heavy atom. The van der Waals surface area contributed by atoms with E-state index in [1.165, 1.54) is 19.4 Å². The lowest BCUT2D eigenvalue weighted by Crippen LogP contribution is -2.29. The summed E-state index contributed by atoms with van der Waals surface area (Å²) in [5, 5.41) is 7.25. The van der Waals surface area contributed by atoms with Gasteiger partial charge in [0.05, 0.1) is 0 Å². The van der Waals surface area contributed by atoms with Gasteiger partial charge in [-0.15, -0.1) is 0 Å². The van der Waals surface area contributed by atoms with Crippen LogP contribution >= 0.6 is 12.2 Å². The van der Waals surface area contributed by atoms with E-state index in [1.54, 1.807) is 12.4 Å². The molecule has 2 aromatic heterocycles. The number of aromatic amines is 1. The van der Waals surface area contributed by atoms with E-state index in [0.29, 0.717) is 10.8 Å². The highest BCUT2D eigenvalue weighted by Gasteiger charge is 2.22. The van der Waals surface area contributed by atoms with Crippen LogP contribution in [0, 0.1) is 4.77 Å². The fraction of sp³-hybridized carbons (Fsp3) is 0.462. The number of nitrogens with zero attached hydrogens (tertiary/aromatic N) is 4. The number of H-pyrrole nitrogens is 1. The van der Waals surface area contributed by atoms with Crippen molar-refractivity contribution in [3.05, 3.63) is 29.3 Å². The highest BCUT2D eigenvalue weighted by atomic mass is 32.1. The SMILES string of the molecule is CN1CCCC1Cn1c(-c2ccncc2)n[nH]c1=S. The molecule has 1 aliphatic rings. The van der Waals surface area contributed by atoms with E-state index in [2.05, 4.69) is 31.7 Å². The Labute approximate surface area is 117 Å². The van der Waals surface area contributed by atoms with E-state index in [-0.39, 0.29) is 0 Å². The molecule has 0 saturated carbocycles. The Kier molecular flexibility index (Phi) is 3.44. The largest absolute Gasteiger partial charge is 0.302 e. The van der Waals surface area contributed by atoms with Crippen molar-refractivity contribution in [3.8, 4) is 11.4 Å². The average molecular weight is 275 g/mol. The maximum atomic E-state index is 5.36. The van der Waals surface area contributed by atoms with Crippen LogP contribution in [-0.4, -0.2) is 44.3 Å². The molecule has 1 fully saturated rings. The molecule has 0 bridgehead atoms. The summed E-state index contributed by atoms with van der Waals surface area (Å²) >= 11 is 5.36. The number of likely N-dealkylation sites (N-methyl/N-ethyl adjacent to an activating group) is 1. The van der Waals surface area contributed by atoms with Crippen LogP contribution in [0.2, 0.25) is 0 Å². The van der Waals surface area contributed by atoms with E-state index in [4.69, 9.17) is 12.2 Å². The molecule has 0 aromatic carbocycles. The maximum absolute atomic E-state index is 5.36. The molecule has 1 atom stereocenters. The highest BCUT2D eigenvalue weighted by molar-refractivity contribution is 7.71. The Morgan fingerprint density at radius 2 is 2.21 bits per heavy atom. The van der Waals surface area contributed by atoms with Crippen molar-refractivity contribution >= 4 is 12.2 Å². The third kappa shape index (κ3) is 2.46. The van der Waals surface area contributed by atoms with Gasteiger partial charge in [0, 0.05) is 30.5 Å². The lowest BCUT2D eigenvalue weighted by molar-refractivity contribution is 0.282. The van der Waals surface area contributed by atoms with Crippen LogP contribution < -0.4 is 0 Å². The van der Waals surface area contributed by atoms with Crippen molar-refractivity contribution in [2.75, 3.05) is 13.6 Å². The van der Waals surface area contributed by atoms with E-state index in [9.17, 15) is 0 Å². The topological polar surface area (TPSA) is 49.7 Å². The number of pyridine rings is 1. The van der Waals surface area contributed by atoms with Gasteiger partial charge in [0.15, 0.2) is 10.6 Å². The molecule has 1 N–H and O–H groups in total. The average Bonchev–Trinajstić information content (AvgIpc) is 2.99. The lowest BCUT2D eigenvalue weighted by Gasteiger charge is -2.20. The van der Waals surface area contributed by atoms with Gasteiger partial charge in [0.25, 0.3) is 0 Å². The smallest absolute Gasteiger partial charge is 0.195 e. The molecular formula is C13H17N5S. The summed E-state index contributed by atoms with van der Waals surface area (Å²) in [6.07, 6.45) is 6.04. The molecule has 5 nitrogen and oxygen atoms in total. The van der Waals surface area contributed by atoms with Crippen LogP contribution in [0.4, 0.5) is 0 Å². The van der Waals surface area contributed by atoms with Gasteiger partial charge in [-0.1, -0.05) is 0 Å². The quantitative estimate of drug-likeness (QED) is 0.872. The molecule has 3 rings (SSSR count). The number of likely N-dealkylation sites (tertiary alicyclic amines) is 1. The first-order valence-electron chi connectivity index (χ1n) is 6.51. The second kappa shape index (κ2) is 5.22. The second-order valence-electron chi connectivity index (χ2n) is 4.98. The second-order valence-corrected chi connectivity index (χ2v) is 5.36. The van der Waals surface area contributed by atoms with Gasteiger partial charge in [0.1, 0.15) is 0 Å². The number of aromatic nitrogens is 4. The summed E-state index contributed by atoms with van der Waals surface area (Å²) in [4.78, 5) is 6.44. The summed E-state index contributed by atoms with van der Waals surface area (Å²) in [6, 6.07) is 4.46. The molecule has 3 heterocycles. The van der Waals surface area contributed by atoms with Crippen LogP contribution in [0.3, 0.4) is 0 Å². The van der Waals surface area contributed by atoms with E-state index >= 15 is 0 Å². The van der Waals surface area contributed by atoms with Crippen LogP contribution in [0.5, 0.6) is 0 Å². The summed E-state index contributed by atoms with van der Waals surface area (Å²) in [5.74, 6) is 0.896. The third-order valence-electron chi connectivity index (χ3n) is 3.76. The van der Waals surface area contributed by atoms with Crippen LogP contribution in [0.1, 0.15) is 12.8 Å². The fourth-order valence-electron chi connectivity index (χ4n) is 2.63. The monoisotopic (exact) mass is 275 g/mol. The summed E-state index contributed by atoms with van der Waals surface area (Å²) < 4.78 is 2.78. The Hall–Kier alpha value is -1.53. The summed E-state index contributed by atoms with van der Waals surface area (Å²) in [6.45, 7) is 2.06. The number of nitrogens with one attached hydrogen (secondary N) is 1. The fourth-order valence-corrected chi connectivity index (χ4v) is 2.84. The lowest BCUT2D eigenvalue weighted by atomic mass is 10.2. The van der Waals surface area contributed by atoms with Gasteiger partial charge in [-0.05, 0) is 50.8 Å². The standard InChI is InChI=1S/C13H17N5S/c1-17-8-2-3-11(17)9-18-12(15-16-13(18)19)10-4-6-14-7-5-10/h4-7,11H,2-3,8-9H2,1H3,(H,16,19). The van der Waals surface area contributed by atoms with Gasteiger partial charge in [0.2, 0.25) is 0 Å². The molecule has 100 valence electrons. The molecule has 0 amide bonds. The number of rotatable bonds is 3. The molecule has 1 unspecified atom stereocenters. The van der Waals surface area contributed by atoms with Gasteiger partial charge in [-0.2, -0.15) is 5.10 Å². The van der Waals surface area contributed by atoms with Crippen molar-refractivity contribution in [1.82, 2.24) is 24.6 Å². The molecule has 6 heteroatoms. The molecular weight excluding hydrogens is 258 g/mol. The van der Waals surface area contributed by atoms with E-state index in [1.807, 2.05) is 12.1 Å². The first kappa shape index (κ1) is 12.5. The van der Waals surface area contributed by atoms with E-state index < -0.39 is 0 Å². The zero-order valence-electron chi connectivity index (χ0n) is 10.9. The minimum absolute atomic E-state index is 0.546. The Balaban J connectivity index is 1.93. The number of hydrogen-bond acceptors (Lipinski definition) is 4. The Morgan fingerprint density at radius 3 is 2.89 bits per heavy atom. The van der Waals surface area contributed by atoms with Gasteiger partial charge in [-0.25, -0.2) is 0 Å². The molecule has 0 spiro atoms. The van der Waals surface area contributed by atoms with Gasteiger partial charge >= 0.3 is 0 Å². The van der Waals surface area contributed by atoms with Crippen LogP contribution in [0.25, 0.3) is 11.4 Å². The van der Waals surface area contributed by atoms with Crippen molar-refractivity contribution in [3.63, 3.8) is 0 Å². The minimum Gasteiger partial charge on any atom is -0.302 e. The summed E-state index contributed by atoms with van der Waals surface area (Å²) in [5.41, 5.74) is 1.04. The molecule has 19 heavy (non-hydrogen) atoms. The predicted molar refractivity (Wildman–Crippen MR) is 76.3 cm³/mol. The van der Waals surface area contributed by atoms with Crippen molar-refractivity contribution in [1.29, 1.82) is 0 Å². The predicted octanol–water partition coefficient (Wildman–Crippen LogP) is 2.10. The zero-order chi connectivity index (χ0) is 13.2. The first-order chi connectivity index (χ1) is 9.25. The zero-order valence-corrected chi connectivity index (χ0v) is 11.7. The molecule has 1 saturated heterocycles. The number of hydrogen-bond donors (Lipinski definition) is 1. The highest BCUT2D eigenvalue weighted by Crippen LogP contribution is 2.21. The van der Waals surface area contributed by atoms with Crippen LogP contribution in [-0.2, 0) is 6.54 Å².